The third-order valence-corrected chi connectivity index (χ3v) is 2.94. The summed E-state index contributed by atoms with van der Waals surface area (Å²) >= 11 is 5.91. The van der Waals surface area contributed by atoms with E-state index in [0.717, 1.165) is 0 Å². The van der Waals surface area contributed by atoms with Gasteiger partial charge in [-0.25, -0.2) is 0 Å². The Morgan fingerprint density at radius 3 is 2.65 bits per heavy atom. The lowest BCUT2D eigenvalue weighted by Gasteiger charge is -2.13. The minimum atomic E-state index is 0.199. The summed E-state index contributed by atoms with van der Waals surface area (Å²) < 4.78 is 16.1. The van der Waals surface area contributed by atoms with Gasteiger partial charge in [-0.2, -0.15) is 0 Å². The maximum absolute atomic E-state index is 5.91. The minimum Gasteiger partial charge on any atom is -0.493 e. The standard InChI is InChI=1S/C14H15ClN2O3/c1-18-12-5-6-17-11(14(12)19-2)8-20-13-7-9(15)3-4-10(13)16/h3-7H,8,16H2,1-2H3. The van der Waals surface area contributed by atoms with Crippen molar-refractivity contribution in [3.63, 3.8) is 0 Å². The molecule has 2 N–H and O–H groups in total. The highest BCUT2D eigenvalue weighted by Crippen LogP contribution is 2.31. The van der Waals surface area contributed by atoms with Crippen molar-refractivity contribution < 1.29 is 14.2 Å². The number of rotatable bonds is 5. The van der Waals surface area contributed by atoms with Crippen LogP contribution in [-0.2, 0) is 6.61 Å². The van der Waals surface area contributed by atoms with Crippen LogP contribution in [0.25, 0.3) is 0 Å². The molecule has 2 aromatic rings. The molecule has 1 aromatic carbocycles. The molecule has 0 aliphatic rings. The number of hydrogen-bond acceptors (Lipinski definition) is 5. The number of nitrogens with two attached hydrogens (primary N) is 1. The lowest BCUT2D eigenvalue weighted by atomic mass is 10.3. The number of ether oxygens (including phenoxy) is 3. The second kappa shape index (κ2) is 6.34. The molecule has 0 saturated heterocycles. The van der Waals surface area contributed by atoms with Gasteiger partial charge < -0.3 is 19.9 Å². The Balaban J connectivity index is 2.20. The van der Waals surface area contributed by atoms with E-state index in [1.54, 1.807) is 44.7 Å². The van der Waals surface area contributed by atoms with Gasteiger partial charge in [-0.3, -0.25) is 4.98 Å². The first-order valence-corrected chi connectivity index (χ1v) is 6.27. The van der Waals surface area contributed by atoms with Crippen LogP contribution < -0.4 is 19.9 Å². The summed E-state index contributed by atoms with van der Waals surface area (Å²) in [7, 11) is 3.12. The van der Waals surface area contributed by atoms with E-state index >= 15 is 0 Å². The summed E-state index contributed by atoms with van der Waals surface area (Å²) in [4.78, 5) is 4.22. The molecular weight excluding hydrogens is 280 g/mol. The number of aromatic nitrogens is 1. The second-order valence-electron chi connectivity index (χ2n) is 3.96. The van der Waals surface area contributed by atoms with Gasteiger partial charge in [0.25, 0.3) is 0 Å². The molecule has 20 heavy (non-hydrogen) atoms. The number of halogens is 1. The van der Waals surface area contributed by atoms with E-state index in [4.69, 9.17) is 31.5 Å². The fraction of sp³-hybridized carbons (Fsp3) is 0.214. The Kier molecular flexibility index (Phi) is 4.53. The Morgan fingerprint density at radius 2 is 1.95 bits per heavy atom. The fourth-order valence-electron chi connectivity index (χ4n) is 1.73. The number of benzene rings is 1. The maximum Gasteiger partial charge on any atom is 0.185 e. The number of methoxy groups -OCH3 is 2. The summed E-state index contributed by atoms with van der Waals surface area (Å²) in [5.74, 6) is 1.64. The van der Waals surface area contributed by atoms with Gasteiger partial charge in [0.05, 0.1) is 19.9 Å². The molecule has 0 bridgehead atoms. The largest absolute Gasteiger partial charge is 0.493 e. The normalized spacial score (nSPS) is 10.2. The topological polar surface area (TPSA) is 66.6 Å². The minimum absolute atomic E-state index is 0.199. The first kappa shape index (κ1) is 14.3. The molecule has 1 aromatic heterocycles. The van der Waals surface area contributed by atoms with Gasteiger partial charge in [-0.1, -0.05) is 11.6 Å². The number of pyridine rings is 1. The molecule has 0 saturated carbocycles. The molecule has 0 atom stereocenters. The predicted octanol–water partition coefficient (Wildman–Crippen LogP) is 2.91. The van der Waals surface area contributed by atoms with Crippen LogP contribution in [0.4, 0.5) is 5.69 Å². The predicted molar refractivity (Wildman–Crippen MR) is 77.5 cm³/mol. The first-order chi connectivity index (χ1) is 9.65. The molecule has 106 valence electrons. The van der Waals surface area contributed by atoms with Gasteiger partial charge in [0, 0.05) is 23.4 Å². The molecule has 0 radical (unpaired) electrons. The lowest BCUT2D eigenvalue weighted by molar-refractivity contribution is 0.286. The van der Waals surface area contributed by atoms with Crippen LogP contribution in [-0.4, -0.2) is 19.2 Å². The molecule has 0 spiro atoms. The molecule has 0 fully saturated rings. The highest BCUT2D eigenvalue weighted by molar-refractivity contribution is 6.30. The van der Waals surface area contributed by atoms with Crippen LogP contribution in [0.3, 0.4) is 0 Å². The van der Waals surface area contributed by atoms with Gasteiger partial charge >= 0.3 is 0 Å². The zero-order chi connectivity index (χ0) is 14.5. The zero-order valence-electron chi connectivity index (χ0n) is 11.2. The van der Waals surface area contributed by atoms with Crippen molar-refractivity contribution in [1.29, 1.82) is 0 Å². The number of nitrogens with zero attached hydrogens (tertiary/aromatic N) is 1. The van der Waals surface area contributed by atoms with Crippen LogP contribution in [0.5, 0.6) is 17.2 Å². The van der Waals surface area contributed by atoms with Crippen LogP contribution in [0.2, 0.25) is 5.02 Å². The van der Waals surface area contributed by atoms with E-state index in [0.29, 0.717) is 33.7 Å². The second-order valence-corrected chi connectivity index (χ2v) is 4.40. The SMILES string of the molecule is COc1ccnc(COc2cc(Cl)ccc2N)c1OC. The molecule has 5 nitrogen and oxygen atoms in total. The van der Waals surface area contributed by atoms with Crippen molar-refractivity contribution in [3.05, 3.63) is 41.2 Å². The van der Waals surface area contributed by atoms with Gasteiger partial charge in [-0.15, -0.1) is 0 Å². The molecule has 2 rings (SSSR count). The van der Waals surface area contributed by atoms with Crippen molar-refractivity contribution in [2.45, 2.75) is 6.61 Å². The summed E-state index contributed by atoms with van der Waals surface area (Å²) in [5.41, 5.74) is 6.95. The van der Waals surface area contributed by atoms with E-state index < -0.39 is 0 Å². The maximum atomic E-state index is 5.91. The smallest absolute Gasteiger partial charge is 0.185 e. The van der Waals surface area contributed by atoms with Gasteiger partial charge in [0.1, 0.15) is 18.1 Å². The van der Waals surface area contributed by atoms with Crippen molar-refractivity contribution in [3.8, 4) is 17.2 Å². The van der Waals surface area contributed by atoms with E-state index in [1.165, 1.54) is 0 Å². The monoisotopic (exact) mass is 294 g/mol. The third-order valence-electron chi connectivity index (χ3n) is 2.71. The van der Waals surface area contributed by atoms with Crippen LogP contribution >= 0.6 is 11.6 Å². The molecule has 6 heteroatoms. The van der Waals surface area contributed by atoms with Gasteiger partial charge in [0.15, 0.2) is 11.5 Å². The molecule has 0 unspecified atom stereocenters. The van der Waals surface area contributed by atoms with E-state index in [-0.39, 0.29) is 6.61 Å². The molecular formula is C14H15ClN2O3. The van der Waals surface area contributed by atoms with Gasteiger partial charge in [0.2, 0.25) is 0 Å². The Morgan fingerprint density at radius 1 is 1.15 bits per heavy atom. The van der Waals surface area contributed by atoms with Crippen LogP contribution in [0.1, 0.15) is 5.69 Å². The summed E-state index contributed by atoms with van der Waals surface area (Å²) in [6.07, 6.45) is 1.63. The van der Waals surface area contributed by atoms with Crippen LogP contribution in [0.15, 0.2) is 30.5 Å². The van der Waals surface area contributed by atoms with Crippen molar-refractivity contribution in [2.75, 3.05) is 20.0 Å². The Labute approximate surface area is 122 Å². The highest BCUT2D eigenvalue weighted by atomic mass is 35.5. The Hall–Kier alpha value is -2.14. The van der Waals surface area contributed by atoms with E-state index in [2.05, 4.69) is 4.98 Å². The number of nitrogen functional groups attached to an aromatic ring is 1. The highest BCUT2D eigenvalue weighted by Gasteiger charge is 2.12. The lowest BCUT2D eigenvalue weighted by Crippen LogP contribution is -2.04. The van der Waals surface area contributed by atoms with Crippen molar-refractivity contribution in [2.24, 2.45) is 0 Å². The average molecular weight is 295 g/mol. The first-order valence-electron chi connectivity index (χ1n) is 5.89. The fourth-order valence-corrected chi connectivity index (χ4v) is 1.89. The molecule has 1 heterocycles. The molecule has 0 amide bonds. The number of anilines is 1. The number of hydrogen-bond donors (Lipinski definition) is 1. The van der Waals surface area contributed by atoms with E-state index in [9.17, 15) is 0 Å². The zero-order valence-corrected chi connectivity index (χ0v) is 12.0. The third kappa shape index (κ3) is 3.05. The summed E-state index contributed by atoms with van der Waals surface area (Å²) in [6.45, 7) is 0.199. The van der Waals surface area contributed by atoms with Crippen molar-refractivity contribution >= 4 is 17.3 Å². The van der Waals surface area contributed by atoms with Gasteiger partial charge in [-0.05, 0) is 12.1 Å². The quantitative estimate of drug-likeness (QED) is 0.859. The van der Waals surface area contributed by atoms with E-state index in [1.807, 2.05) is 0 Å². The molecule has 0 aliphatic heterocycles. The average Bonchev–Trinajstić information content (AvgIpc) is 2.47. The Bertz CT molecular complexity index is 605. The molecule has 0 aliphatic carbocycles. The summed E-state index contributed by atoms with van der Waals surface area (Å²) in [5, 5.41) is 0.555. The van der Waals surface area contributed by atoms with Crippen molar-refractivity contribution in [1.82, 2.24) is 4.98 Å². The summed E-state index contributed by atoms with van der Waals surface area (Å²) in [6, 6.07) is 6.77. The van der Waals surface area contributed by atoms with Crippen LogP contribution in [0, 0.1) is 0 Å².